The molecule has 4 aromatic rings. The molecule has 0 saturated carbocycles. The highest BCUT2D eigenvalue weighted by molar-refractivity contribution is 6.19. The first kappa shape index (κ1) is 29.2. The molecule has 0 spiro atoms. The predicted octanol–water partition coefficient (Wildman–Crippen LogP) is 6.76. The van der Waals surface area contributed by atoms with Crippen molar-refractivity contribution >= 4 is 51.8 Å². The maximum Gasteiger partial charge on any atom is 0.256 e. The molecule has 2 amide bonds. The summed E-state index contributed by atoms with van der Waals surface area (Å²) in [6.07, 6.45) is 5.05. The Labute approximate surface area is 266 Å². The number of fused-ring (bicyclic) bond motifs is 5. The molecule has 0 bridgehead atoms. The molecule has 8 nitrogen and oxygen atoms in total. The average molecular weight is 624 g/mol. The third-order valence-corrected chi connectivity index (χ3v) is 9.45. The van der Waals surface area contributed by atoms with Gasteiger partial charge in [-0.05, 0) is 47.4 Å². The van der Waals surface area contributed by atoms with Crippen LogP contribution in [0, 0.1) is 0 Å². The average Bonchev–Trinajstić information content (AvgIpc) is 3.38. The summed E-state index contributed by atoms with van der Waals surface area (Å²) >= 11 is 6.37. The maximum absolute atomic E-state index is 13.7. The van der Waals surface area contributed by atoms with Gasteiger partial charge in [-0.1, -0.05) is 48.5 Å². The minimum absolute atomic E-state index is 0.0133. The quantitative estimate of drug-likeness (QED) is 0.230. The summed E-state index contributed by atoms with van der Waals surface area (Å²) in [7, 11) is 1.56. The number of benzene rings is 4. The Kier molecular flexibility index (Phi) is 7.83. The van der Waals surface area contributed by atoms with Gasteiger partial charge in [0.1, 0.15) is 12.4 Å². The molecule has 0 aliphatic carbocycles. The Morgan fingerprint density at radius 1 is 1.02 bits per heavy atom. The fraction of sp³-hybridized carbons (Fsp3) is 0.306. The van der Waals surface area contributed by atoms with E-state index in [0.717, 1.165) is 53.3 Å². The van der Waals surface area contributed by atoms with Gasteiger partial charge in [0.25, 0.3) is 5.91 Å². The lowest BCUT2D eigenvalue weighted by Gasteiger charge is -2.32. The third kappa shape index (κ3) is 5.37. The van der Waals surface area contributed by atoms with E-state index in [2.05, 4.69) is 4.99 Å². The highest BCUT2D eigenvalue weighted by Crippen LogP contribution is 2.45. The van der Waals surface area contributed by atoms with Crippen molar-refractivity contribution in [3.63, 3.8) is 0 Å². The summed E-state index contributed by atoms with van der Waals surface area (Å²) in [6, 6.07) is 20.6. The van der Waals surface area contributed by atoms with Gasteiger partial charge in [0, 0.05) is 48.6 Å². The molecule has 3 aliphatic heterocycles. The normalized spacial score (nSPS) is 18.8. The number of phenols is 1. The molecule has 9 heteroatoms. The number of rotatable bonds is 7. The highest BCUT2D eigenvalue weighted by atomic mass is 35.5. The number of hydrogen-bond donors (Lipinski definition) is 1. The SMILES string of the molecule is COc1cc2c(cc1OCc1cccc(CC(=O)N3C[C@@H](CCl)c4c3cc(O)c3ccccc43)c1)N=CC1CCCCN1C2=O. The summed E-state index contributed by atoms with van der Waals surface area (Å²) in [4.78, 5) is 35.3. The van der Waals surface area contributed by atoms with E-state index in [1.54, 1.807) is 30.2 Å². The van der Waals surface area contributed by atoms with Crippen LogP contribution in [0.4, 0.5) is 11.4 Å². The molecule has 0 radical (unpaired) electrons. The predicted molar refractivity (Wildman–Crippen MR) is 176 cm³/mol. The summed E-state index contributed by atoms with van der Waals surface area (Å²) < 4.78 is 11.8. The van der Waals surface area contributed by atoms with Crippen LogP contribution >= 0.6 is 11.6 Å². The zero-order valence-electron chi connectivity index (χ0n) is 25.0. The van der Waals surface area contributed by atoms with E-state index in [-0.39, 0.29) is 42.6 Å². The first-order valence-electron chi connectivity index (χ1n) is 15.3. The topological polar surface area (TPSA) is 91.7 Å². The number of piperidine rings is 1. The minimum Gasteiger partial charge on any atom is -0.507 e. The fourth-order valence-corrected chi connectivity index (χ4v) is 7.09. The van der Waals surface area contributed by atoms with E-state index in [9.17, 15) is 14.7 Å². The summed E-state index contributed by atoms with van der Waals surface area (Å²) in [6.45, 7) is 1.44. The van der Waals surface area contributed by atoms with Crippen molar-refractivity contribution in [3.8, 4) is 17.2 Å². The van der Waals surface area contributed by atoms with Crippen molar-refractivity contribution in [2.45, 2.75) is 44.2 Å². The Morgan fingerprint density at radius 2 is 1.84 bits per heavy atom. The lowest BCUT2D eigenvalue weighted by molar-refractivity contribution is -0.117. The van der Waals surface area contributed by atoms with Crippen LogP contribution in [0.25, 0.3) is 10.8 Å². The van der Waals surface area contributed by atoms with Crippen LogP contribution in [-0.4, -0.2) is 60.2 Å². The van der Waals surface area contributed by atoms with Crippen molar-refractivity contribution in [3.05, 3.63) is 89.0 Å². The van der Waals surface area contributed by atoms with Gasteiger partial charge in [0.05, 0.1) is 36.5 Å². The molecule has 230 valence electrons. The number of anilines is 1. The van der Waals surface area contributed by atoms with Crippen molar-refractivity contribution in [1.29, 1.82) is 0 Å². The Morgan fingerprint density at radius 3 is 2.67 bits per heavy atom. The number of aromatic hydroxyl groups is 1. The first-order valence-corrected chi connectivity index (χ1v) is 15.9. The standard InChI is InChI=1S/C36H34ClN3O5/c1-44-32-15-28-29(38-19-25-9-4-5-12-39(25)36(28)43)16-33(32)45-21-23-8-6-7-22(13-23)14-34(42)40-20-24(18-37)35-27-11-3-2-10-26(27)31(41)17-30(35)40/h2-3,6-8,10-11,13,15-17,19,24-25,41H,4-5,9,12,14,18,20-21H2,1H3/t24-,25?/m1/s1. The summed E-state index contributed by atoms with van der Waals surface area (Å²) in [5.74, 6) is 1.37. The van der Waals surface area contributed by atoms with Crippen LogP contribution in [0.2, 0.25) is 0 Å². The number of nitrogens with zero attached hydrogens (tertiary/aromatic N) is 3. The van der Waals surface area contributed by atoms with Gasteiger partial charge in [0.15, 0.2) is 11.5 Å². The van der Waals surface area contributed by atoms with Gasteiger partial charge in [0.2, 0.25) is 5.91 Å². The molecule has 1 N–H and O–H groups in total. The Bertz CT molecular complexity index is 1840. The number of amides is 2. The van der Waals surface area contributed by atoms with E-state index < -0.39 is 0 Å². The maximum atomic E-state index is 13.7. The number of ether oxygens (including phenoxy) is 2. The molecule has 1 unspecified atom stereocenters. The number of methoxy groups -OCH3 is 1. The van der Waals surface area contributed by atoms with Crippen LogP contribution in [0.5, 0.6) is 17.2 Å². The second kappa shape index (κ2) is 12.1. The zero-order chi connectivity index (χ0) is 31.1. The fourth-order valence-electron chi connectivity index (χ4n) is 6.83. The molecule has 4 aromatic carbocycles. The number of phenolic OH excluding ortho intramolecular Hbond substituents is 1. The van der Waals surface area contributed by atoms with Crippen LogP contribution in [0.3, 0.4) is 0 Å². The van der Waals surface area contributed by atoms with E-state index >= 15 is 0 Å². The highest BCUT2D eigenvalue weighted by Gasteiger charge is 2.34. The van der Waals surface area contributed by atoms with Gasteiger partial charge in [-0.3, -0.25) is 14.6 Å². The molecule has 2 atom stereocenters. The number of hydrogen-bond acceptors (Lipinski definition) is 6. The first-order chi connectivity index (χ1) is 21.9. The molecule has 1 fully saturated rings. The summed E-state index contributed by atoms with van der Waals surface area (Å²) in [5, 5.41) is 12.4. The zero-order valence-corrected chi connectivity index (χ0v) is 25.8. The van der Waals surface area contributed by atoms with Crippen LogP contribution in [-0.2, 0) is 17.8 Å². The molecular weight excluding hydrogens is 590 g/mol. The van der Waals surface area contributed by atoms with E-state index in [0.29, 0.717) is 40.9 Å². The van der Waals surface area contributed by atoms with E-state index in [1.165, 1.54) is 0 Å². The molecule has 0 aromatic heterocycles. The third-order valence-electron chi connectivity index (χ3n) is 9.08. The Hall–Kier alpha value is -4.56. The summed E-state index contributed by atoms with van der Waals surface area (Å²) in [5.41, 5.74) is 4.55. The van der Waals surface area contributed by atoms with Gasteiger partial charge in [-0.25, -0.2) is 0 Å². The molecule has 7 rings (SSSR count). The van der Waals surface area contributed by atoms with Gasteiger partial charge in [-0.2, -0.15) is 0 Å². The molecule has 3 aliphatic rings. The Balaban J connectivity index is 1.09. The van der Waals surface area contributed by atoms with Crippen molar-refractivity contribution in [2.75, 3.05) is 31.0 Å². The van der Waals surface area contributed by atoms with Crippen LogP contribution in [0.1, 0.15) is 52.2 Å². The van der Waals surface area contributed by atoms with Crippen molar-refractivity contribution in [2.24, 2.45) is 4.99 Å². The number of aliphatic imine (C=N–C) groups is 1. The van der Waals surface area contributed by atoms with Crippen LogP contribution in [0.15, 0.2) is 71.7 Å². The number of alkyl halides is 1. The lowest BCUT2D eigenvalue weighted by atomic mass is 9.95. The lowest BCUT2D eigenvalue weighted by Crippen LogP contribution is -2.43. The van der Waals surface area contributed by atoms with Crippen LogP contribution < -0.4 is 14.4 Å². The smallest absolute Gasteiger partial charge is 0.256 e. The monoisotopic (exact) mass is 623 g/mol. The number of halogens is 1. The van der Waals surface area contributed by atoms with E-state index in [4.69, 9.17) is 21.1 Å². The van der Waals surface area contributed by atoms with Crippen molar-refractivity contribution < 1.29 is 24.2 Å². The number of carbonyl (C=O) groups is 2. The number of carbonyl (C=O) groups excluding carboxylic acids is 2. The second-order valence-corrected chi connectivity index (χ2v) is 12.2. The molecule has 45 heavy (non-hydrogen) atoms. The second-order valence-electron chi connectivity index (χ2n) is 11.9. The van der Waals surface area contributed by atoms with Gasteiger partial charge in [-0.15, -0.1) is 11.6 Å². The minimum atomic E-state index is -0.0668. The molecule has 1 saturated heterocycles. The van der Waals surface area contributed by atoms with E-state index in [1.807, 2.05) is 59.6 Å². The molecular formula is C36H34ClN3O5. The van der Waals surface area contributed by atoms with Gasteiger partial charge >= 0.3 is 0 Å². The molecule has 3 heterocycles. The largest absolute Gasteiger partial charge is 0.507 e. The van der Waals surface area contributed by atoms with Gasteiger partial charge < -0.3 is 24.4 Å². The van der Waals surface area contributed by atoms with Crippen molar-refractivity contribution in [1.82, 2.24) is 4.90 Å².